The molecule has 2 aromatic carbocycles. The number of alkyl halides is 3. The number of benzene rings is 2. The lowest BCUT2D eigenvalue weighted by molar-refractivity contribution is -0.143. The normalized spacial score (nSPS) is 11.3. The molecule has 0 fully saturated rings. The maximum absolute atomic E-state index is 13.6. The Labute approximate surface area is 166 Å². The van der Waals surface area contributed by atoms with Crippen molar-refractivity contribution in [2.45, 2.75) is 19.5 Å². The van der Waals surface area contributed by atoms with Gasteiger partial charge >= 0.3 is 6.18 Å². The molecule has 3 rings (SSSR count). The molecule has 0 saturated heterocycles. The SMILES string of the molecule is Cc1ccc(-n2ncc(C(=O)NCCCNc3ccccc3)c2C(F)(F)F)cc1. The van der Waals surface area contributed by atoms with E-state index in [1.807, 2.05) is 37.3 Å². The van der Waals surface area contributed by atoms with Gasteiger partial charge in [0.15, 0.2) is 5.69 Å². The van der Waals surface area contributed by atoms with Gasteiger partial charge in [-0.25, -0.2) is 4.68 Å². The summed E-state index contributed by atoms with van der Waals surface area (Å²) in [5.41, 5.74) is 0.526. The molecule has 1 aromatic heterocycles. The molecule has 0 aliphatic rings. The van der Waals surface area contributed by atoms with Gasteiger partial charge in [-0.3, -0.25) is 4.79 Å². The third-order valence-corrected chi connectivity index (χ3v) is 4.30. The summed E-state index contributed by atoms with van der Waals surface area (Å²) in [4.78, 5) is 12.4. The lowest BCUT2D eigenvalue weighted by Gasteiger charge is -2.13. The van der Waals surface area contributed by atoms with E-state index in [9.17, 15) is 18.0 Å². The second-order valence-electron chi connectivity index (χ2n) is 6.55. The van der Waals surface area contributed by atoms with Gasteiger partial charge in [-0.15, -0.1) is 0 Å². The minimum absolute atomic E-state index is 0.242. The van der Waals surface area contributed by atoms with E-state index >= 15 is 0 Å². The molecule has 1 amide bonds. The summed E-state index contributed by atoms with van der Waals surface area (Å²) in [5, 5.41) is 9.53. The van der Waals surface area contributed by atoms with Crippen LogP contribution in [0.4, 0.5) is 18.9 Å². The van der Waals surface area contributed by atoms with Crippen molar-refractivity contribution >= 4 is 11.6 Å². The van der Waals surface area contributed by atoms with Crippen LogP contribution in [0.1, 0.15) is 28.0 Å². The third kappa shape index (κ3) is 5.16. The Morgan fingerprint density at radius 2 is 1.72 bits per heavy atom. The zero-order valence-corrected chi connectivity index (χ0v) is 15.8. The summed E-state index contributed by atoms with van der Waals surface area (Å²) in [6, 6.07) is 16.0. The fraction of sp³-hybridized carbons (Fsp3) is 0.238. The first kappa shape index (κ1) is 20.4. The lowest BCUT2D eigenvalue weighted by Crippen LogP contribution is -2.28. The van der Waals surface area contributed by atoms with E-state index in [0.717, 1.165) is 22.1 Å². The van der Waals surface area contributed by atoms with Crippen LogP contribution in [0.2, 0.25) is 0 Å². The number of aromatic nitrogens is 2. The zero-order chi connectivity index (χ0) is 20.9. The smallest absolute Gasteiger partial charge is 0.385 e. The van der Waals surface area contributed by atoms with Crippen molar-refractivity contribution in [3.8, 4) is 5.69 Å². The van der Waals surface area contributed by atoms with Gasteiger partial charge in [0.05, 0.1) is 17.4 Å². The van der Waals surface area contributed by atoms with Gasteiger partial charge in [0, 0.05) is 18.8 Å². The Kier molecular flexibility index (Phi) is 6.21. The molecule has 8 heteroatoms. The Bertz CT molecular complexity index is 950. The highest BCUT2D eigenvalue weighted by Gasteiger charge is 2.40. The second-order valence-corrected chi connectivity index (χ2v) is 6.55. The molecule has 0 spiro atoms. The van der Waals surface area contributed by atoms with Crippen LogP contribution in [0, 0.1) is 6.92 Å². The maximum Gasteiger partial charge on any atom is 0.434 e. The molecule has 1 heterocycles. The lowest BCUT2D eigenvalue weighted by atomic mass is 10.2. The van der Waals surface area contributed by atoms with Crippen molar-refractivity contribution in [1.29, 1.82) is 0 Å². The number of nitrogens with zero attached hydrogens (tertiary/aromatic N) is 2. The Morgan fingerprint density at radius 1 is 1.03 bits per heavy atom. The molecule has 5 nitrogen and oxygen atoms in total. The highest BCUT2D eigenvalue weighted by Crippen LogP contribution is 2.33. The minimum Gasteiger partial charge on any atom is -0.385 e. The Balaban J connectivity index is 1.66. The molecule has 0 bridgehead atoms. The van der Waals surface area contributed by atoms with Crippen molar-refractivity contribution in [2.75, 3.05) is 18.4 Å². The summed E-state index contributed by atoms with van der Waals surface area (Å²) in [7, 11) is 0. The molecule has 0 unspecified atom stereocenters. The van der Waals surface area contributed by atoms with E-state index in [-0.39, 0.29) is 12.2 Å². The highest BCUT2D eigenvalue weighted by molar-refractivity contribution is 5.95. The molecular formula is C21H21F3N4O. The number of carbonyl (C=O) groups is 1. The quantitative estimate of drug-likeness (QED) is 0.575. The summed E-state index contributed by atoms with van der Waals surface area (Å²) >= 11 is 0. The highest BCUT2D eigenvalue weighted by atomic mass is 19.4. The fourth-order valence-corrected chi connectivity index (χ4v) is 2.84. The summed E-state index contributed by atoms with van der Waals surface area (Å²) in [6.45, 7) is 2.66. The van der Waals surface area contributed by atoms with Gasteiger partial charge in [0.25, 0.3) is 5.91 Å². The number of anilines is 1. The molecule has 152 valence electrons. The van der Waals surface area contributed by atoms with E-state index in [1.54, 1.807) is 12.1 Å². The number of halogens is 3. The van der Waals surface area contributed by atoms with Crippen LogP contribution in [-0.2, 0) is 6.18 Å². The predicted octanol–water partition coefficient (Wildman–Crippen LogP) is 4.43. The summed E-state index contributed by atoms with van der Waals surface area (Å²) in [6.07, 6.45) is -3.20. The van der Waals surface area contributed by atoms with Crippen molar-refractivity contribution in [3.63, 3.8) is 0 Å². The Morgan fingerprint density at radius 3 is 2.38 bits per heavy atom. The first-order valence-electron chi connectivity index (χ1n) is 9.15. The first-order chi connectivity index (χ1) is 13.9. The van der Waals surface area contributed by atoms with Crippen LogP contribution in [0.5, 0.6) is 0 Å². The van der Waals surface area contributed by atoms with E-state index < -0.39 is 23.3 Å². The topological polar surface area (TPSA) is 59.0 Å². The van der Waals surface area contributed by atoms with Gasteiger partial charge in [-0.1, -0.05) is 35.9 Å². The molecule has 0 aliphatic heterocycles. The van der Waals surface area contributed by atoms with Crippen LogP contribution in [0.25, 0.3) is 5.69 Å². The molecule has 3 aromatic rings. The van der Waals surface area contributed by atoms with Crippen LogP contribution < -0.4 is 10.6 Å². The summed E-state index contributed by atoms with van der Waals surface area (Å²) < 4.78 is 41.7. The fourth-order valence-electron chi connectivity index (χ4n) is 2.84. The average molecular weight is 402 g/mol. The van der Waals surface area contributed by atoms with E-state index in [4.69, 9.17) is 0 Å². The van der Waals surface area contributed by atoms with E-state index in [0.29, 0.717) is 13.0 Å². The third-order valence-electron chi connectivity index (χ3n) is 4.30. The number of carbonyl (C=O) groups excluding carboxylic acids is 1. The maximum atomic E-state index is 13.6. The number of nitrogens with one attached hydrogen (secondary N) is 2. The van der Waals surface area contributed by atoms with Crippen LogP contribution in [0.3, 0.4) is 0 Å². The van der Waals surface area contributed by atoms with Gasteiger partial charge in [-0.2, -0.15) is 18.3 Å². The molecule has 29 heavy (non-hydrogen) atoms. The van der Waals surface area contributed by atoms with Crippen molar-refractivity contribution in [3.05, 3.63) is 77.6 Å². The standard InChI is InChI=1S/C21H21F3N4O/c1-15-8-10-17(11-9-15)28-19(21(22,23)24)18(14-27-28)20(29)26-13-5-12-25-16-6-3-2-4-7-16/h2-4,6-11,14,25H,5,12-13H2,1H3,(H,26,29). The van der Waals surface area contributed by atoms with E-state index in [1.165, 1.54) is 12.1 Å². The van der Waals surface area contributed by atoms with Crippen LogP contribution in [0.15, 0.2) is 60.8 Å². The number of hydrogen-bond acceptors (Lipinski definition) is 3. The van der Waals surface area contributed by atoms with Crippen molar-refractivity contribution < 1.29 is 18.0 Å². The average Bonchev–Trinajstić information content (AvgIpc) is 3.15. The van der Waals surface area contributed by atoms with Crippen LogP contribution in [-0.4, -0.2) is 28.8 Å². The molecular weight excluding hydrogens is 381 g/mol. The van der Waals surface area contributed by atoms with Gasteiger partial charge in [0.2, 0.25) is 0 Å². The van der Waals surface area contributed by atoms with Gasteiger partial charge in [0.1, 0.15) is 0 Å². The molecule has 0 saturated carbocycles. The van der Waals surface area contributed by atoms with Gasteiger partial charge < -0.3 is 10.6 Å². The predicted molar refractivity (Wildman–Crippen MR) is 105 cm³/mol. The van der Waals surface area contributed by atoms with Crippen molar-refractivity contribution in [2.24, 2.45) is 0 Å². The minimum atomic E-state index is -4.72. The molecule has 0 atom stereocenters. The van der Waals surface area contributed by atoms with Gasteiger partial charge in [-0.05, 0) is 37.6 Å². The number of para-hydroxylation sites is 1. The number of aryl methyl sites for hydroxylation is 1. The second kappa shape index (κ2) is 8.81. The summed E-state index contributed by atoms with van der Waals surface area (Å²) in [5.74, 6) is -0.796. The molecule has 0 radical (unpaired) electrons. The number of hydrogen-bond donors (Lipinski definition) is 2. The van der Waals surface area contributed by atoms with Crippen LogP contribution >= 0.6 is 0 Å². The number of rotatable bonds is 7. The van der Waals surface area contributed by atoms with E-state index in [2.05, 4.69) is 15.7 Å². The largest absolute Gasteiger partial charge is 0.434 e. The Hall–Kier alpha value is -3.29. The van der Waals surface area contributed by atoms with Crippen molar-refractivity contribution in [1.82, 2.24) is 15.1 Å². The first-order valence-corrected chi connectivity index (χ1v) is 9.15. The monoisotopic (exact) mass is 402 g/mol. The zero-order valence-electron chi connectivity index (χ0n) is 15.8. The number of amides is 1. The molecule has 0 aliphatic carbocycles. The molecule has 2 N–H and O–H groups in total.